The first-order valence-electron chi connectivity index (χ1n) is 4.06. The van der Waals surface area contributed by atoms with Gasteiger partial charge in [0.2, 0.25) is 0 Å². The van der Waals surface area contributed by atoms with Crippen molar-refractivity contribution < 1.29 is 9.90 Å². The Hall–Kier alpha value is -0.260. The molecule has 0 fully saturated rings. The molecule has 0 unspecified atom stereocenters. The Morgan fingerprint density at radius 2 is 2.27 bits per heavy atom. The van der Waals surface area contributed by atoms with Crippen LogP contribution in [-0.4, -0.2) is 20.8 Å². The van der Waals surface area contributed by atoms with Gasteiger partial charge in [-0.05, 0) is 35.8 Å². The maximum absolute atomic E-state index is 10.9. The molecule has 0 aromatic carbocycles. The zero-order valence-electron chi connectivity index (χ0n) is 8.12. The van der Waals surface area contributed by atoms with Crippen LogP contribution in [0.25, 0.3) is 0 Å². The van der Waals surface area contributed by atoms with Crippen LogP contribution in [-0.2, 0) is 4.79 Å². The van der Waals surface area contributed by atoms with Crippen LogP contribution in [0.1, 0.15) is 13.8 Å². The fourth-order valence-electron chi connectivity index (χ4n) is 0.762. The highest BCUT2D eigenvalue weighted by Gasteiger charge is 2.29. The molecule has 0 amide bonds. The molecule has 0 spiro atoms. The van der Waals surface area contributed by atoms with Crippen molar-refractivity contribution in [1.29, 1.82) is 0 Å². The molecule has 1 N–H and O–H groups in total. The van der Waals surface area contributed by atoms with E-state index in [4.69, 9.17) is 16.7 Å². The summed E-state index contributed by atoms with van der Waals surface area (Å²) in [4.78, 5) is 15.0. The van der Waals surface area contributed by atoms with Crippen molar-refractivity contribution in [1.82, 2.24) is 4.98 Å². The molecule has 0 saturated carbocycles. The van der Waals surface area contributed by atoms with E-state index in [2.05, 4.69) is 20.9 Å². The number of aliphatic carboxylic acids is 1. The summed E-state index contributed by atoms with van der Waals surface area (Å²) in [6, 6.07) is 1.69. The Bertz CT molecular complexity index is 398. The number of carboxylic acid groups (broad SMARTS) is 1. The van der Waals surface area contributed by atoms with Crippen molar-refractivity contribution in [2.75, 3.05) is 0 Å². The van der Waals surface area contributed by atoms with Gasteiger partial charge in [0, 0.05) is 10.7 Å². The van der Waals surface area contributed by atoms with Crippen LogP contribution in [0.4, 0.5) is 0 Å². The lowest BCUT2D eigenvalue weighted by Crippen LogP contribution is -2.27. The molecule has 15 heavy (non-hydrogen) atoms. The highest BCUT2D eigenvalue weighted by atomic mass is 79.9. The summed E-state index contributed by atoms with van der Waals surface area (Å²) in [5.41, 5.74) is 0. The molecule has 1 aromatic rings. The number of hydrogen-bond acceptors (Lipinski definition) is 3. The second kappa shape index (κ2) is 4.72. The highest BCUT2D eigenvalue weighted by Crippen LogP contribution is 2.36. The van der Waals surface area contributed by atoms with E-state index in [0.717, 1.165) is 16.2 Å². The molecule has 0 bridgehead atoms. The summed E-state index contributed by atoms with van der Waals surface area (Å²) >= 11 is 10.3. The van der Waals surface area contributed by atoms with Crippen LogP contribution in [0.3, 0.4) is 0 Å². The summed E-state index contributed by atoms with van der Waals surface area (Å²) in [6.45, 7) is 3.22. The van der Waals surface area contributed by atoms with Gasteiger partial charge in [-0.1, -0.05) is 23.4 Å². The molecule has 0 radical (unpaired) electrons. The van der Waals surface area contributed by atoms with Crippen LogP contribution >= 0.6 is 39.3 Å². The zero-order valence-corrected chi connectivity index (χ0v) is 11.3. The van der Waals surface area contributed by atoms with Gasteiger partial charge in [0.15, 0.2) is 0 Å². The third-order valence-corrected chi connectivity index (χ3v) is 3.68. The van der Waals surface area contributed by atoms with Crippen LogP contribution < -0.4 is 0 Å². The number of nitrogens with zero attached hydrogens (tertiary/aromatic N) is 1. The average Bonchev–Trinajstić information content (AvgIpc) is 2.09. The predicted molar refractivity (Wildman–Crippen MR) is 64.5 cm³/mol. The van der Waals surface area contributed by atoms with Gasteiger partial charge < -0.3 is 5.11 Å². The minimum atomic E-state index is -0.940. The van der Waals surface area contributed by atoms with Gasteiger partial charge in [0.25, 0.3) is 0 Å². The van der Waals surface area contributed by atoms with Crippen molar-refractivity contribution in [3.63, 3.8) is 0 Å². The molecule has 0 aliphatic carbocycles. The number of thioether (sulfide) groups is 1. The SMILES string of the molecule is CC(C)(Sc1ncc(Br)cc1Cl)C(=O)O. The lowest BCUT2D eigenvalue weighted by Gasteiger charge is -2.18. The van der Waals surface area contributed by atoms with Gasteiger partial charge >= 0.3 is 5.97 Å². The second-order valence-corrected chi connectivity index (χ2v) is 6.29. The van der Waals surface area contributed by atoms with E-state index in [0.29, 0.717) is 10.0 Å². The maximum Gasteiger partial charge on any atom is 0.319 e. The summed E-state index contributed by atoms with van der Waals surface area (Å²) in [5.74, 6) is -0.895. The lowest BCUT2D eigenvalue weighted by atomic mass is 10.2. The fourth-order valence-corrected chi connectivity index (χ4v) is 2.34. The van der Waals surface area contributed by atoms with Crippen molar-refractivity contribution in [2.24, 2.45) is 0 Å². The van der Waals surface area contributed by atoms with Crippen molar-refractivity contribution in [2.45, 2.75) is 23.6 Å². The molecule has 0 saturated heterocycles. The third kappa shape index (κ3) is 3.36. The van der Waals surface area contributed by atoms with E-state index in [-0.39, 0.29) is 0 Å². The second-order valence-electron chi connectivity index (χ2n) is 3.36. The smallest absolute Gasteiger partial charge is 0.319 e. The summed E-state index contributed by atoms with van der Waals surface area (Å²) < 4.78 is -0.172. The molecule has 0 atom stereocenters. The first-order valence-corrected chi connectivity index (χ1v) is 6.05. The Kier molecular flexibility index (Phi) is 4.03. The number of aromatic nitrogens is 1. The van der Waals surface area contributed by atoms with E-state index in [1.165, 1.54) is 0 Å². The third-order valence-electron chi connectivity index (χ3n) is 1.64. The maximum atomic E-state index is 10.9. The molecular weight excluding hydrogens is 302 g/mol. The molecule has 82 valence electrons. The number of halogens is 2. The minimum absolute atomic E-state index is 0.448. The number of carbonyl (C=O) groups is 1. The van der Waals surface area contributed by atoms with Gasteiger partial charge in [-0.15, -0.1) is 0 Å². The predicted octanol–water partition coefficient (Wildman–Crippen LogP) is 3.45. The molecule has 1 heterocycles. The zero-order chi connectivity index (χ0) is 11.6. The first-order chi connectivity index (χ1) is 6.83. The number of rotatable bonds is 3. The van der Waals surface area contributed by atoms with E-state index < -0.39 is 10.7 Å². The average molecular weight is 311 g/mol. The molecular formula is C9H9BrClNO2S. The standard InChI is InChI=1S/C9H9BrClNO2S/c1-9(2,8(13)14)15-7-6(11)3-5(10)4-12-7/h3-4H,1-2H3,(H,13,14). The first kappa shape index (κ1) is 12.8. The van der Waals surface area contributed by atoms with Crippen LogP contribution in [0, 0.1) is 0 Å². The molecule has 3 nitrogen and oxygen atoms in total. The van der Waals surface area contributed by atoms with Gasteiger partial charge in [0.05, 0.1) is 5.02 Å². The highest BCUT2D eigenvalue weighted by molar-refractivity contribution is 9.10. The molecule has 1 rings (SSSR count). The van der Waals surface area contributed by atoms with Crippen LogP contribution in [0.15, 0.2) is 21.8 Å². The fraction of sp³-hybridized carbons (Fsp3) is 0.333. The molecule has 6 heteroatoms. The largest absolute Gasteiger partial charge is 0.480 e. The molecule has 0 aliphatic rings. The van der Waals surface area contributed by atoms with E-state index in [1.54, 1.807) is 26.1 Å². The van der Waals surface area contributed by atoms with Crippen molar-refractivity contribution in [3.8, 4) is 0 Å². The van der Waals surface area contributed by atoms with Gasteiger partial charge in [0.1, 0.15) is 9.77 Å². The van der Waals surface area contributed by atoms with E-state index in [1.807, 2.05) is 0 Å². The number of carboxylic acids is 1. The van der Waals surface area contributed by atoms with E-state index in [9.17, 15) is 4.79 Å². The topological polar surface area (TPSA) is 50.2 Å². The van der Waals surface area contributed by atoms with Gasteiger partial charge in [-0.25, -0.2) is 4.98 Å². The monoisotopic (exact) mass is 309 g/mol. The Labute approximate surface area is 105 Å². The Morgan fingerprint density at radius 3 is 2.73 bits per heavy atom. The van der Waals surface area contributed by atoms with Gasteiger partial charge in [-0.3, -0.25) is 4.79 Å². The lowest BCUT2D eigenvalue weighted by molar-refractivity contribution is -0.138. The van der Waals surface area contributed by atoms with Crippen LogP contribution in [0.2, 0.25) is 5.02 Å². The normalized spacial score (nSPS) is 11.5. The Morgan fingerprint density at radius 1 is 1.67 bits per heavy atom. The van der Waals surface area contributed by atoms with Crippen LogP contribution in [0.5, 0.6) is 0 Å². The number of pyridine rings is 1. The minimum Gasteiger partial charge on any atom is -0.480 e. The number of hydrogen-bond donors (Lipinski definition) is 1. The summed E-state index contributed by atoms with van der Waals surface area (Å²) in [7, 11) is 0. The van der Waals surface area contributed by atoms with Crippen molar-refractivity contribution >= 4 is 45.3 Å². The van der Waals surface area contributed by atoms with Gasteiger partial charge in [-0.2, -0.15) is 0 Å². The Balaban J connectivity index is 2.95. The van der Waals surface area contributed by atoms with E-state index >= 15 is 0 Å². The van der Waals surface area contributed by atoms with Crippen molar-refractivity contribution in [3.05, 3.63) is 21.8 Å². The quantitative estimate of drug-likeness (QED) is 0.869. The summed E-state index contributed by atoms with van der Waals surface area (Å²) in [6.07, 6.45) is 1.59. The molecule has 0 aliphatic heterocycles. The summed E-state index contributed by atoms with van der Waals surface area (Å²) in [5, 5.41) is 9.92. The molecule has 1 aromatic heterocycles.